The number of amides is 1. The van der Waals surface area contributed by atoms with Crippen LogP contribution in [0.2, 0.25) is 0 Å². The van der Waals surface area contributed by atoms with Crippen molar-refractivity contribution in [3.05, 3.63) is 112 Å². The first-order valence-corrected chi connectivity index (χ1v) is 11.7. The van der Waals surface area contributed by atoms with E-state index in [4.69, 9.17) is 0 Å². The van der Waals surface area contributed by atoms with Gasteiger partial charge in [0.2, 0.25) is 5.91 Å². The van der Waals surface area contributed by atoms with Gasteiger partial charge < -0.3 is 0 Å². The third-order valence-corrected chi connectivity index (χ3v) is 6.63. The van der Waals surface area contributed by atoms with Crippen molar-refractivity contribution in [1.29, 1.82) is 0 Å². The van der Waals surface area contributed by atoms with E-state index >= 15 is 0 Å². The lowest BCUT2D eigenvalue weighted by atomic mass is 9.94. The summed E-state index contributed by atoms with van der Waals surface area (Å²) in [6.07, 6.45) is 1.47. The van der Waals surface area contributed by atoms with Gasteiger partial charge in [-0.25, -0.2) is 5.43 Å². The summed E-state index contributed by atoms with van der Waals surface area (Å²) < 4.78 is 0. The Hall–Kier alpha value is -3.49. The minimum absolute atomic E-state index is 0.0175. The Bertz CT molecular complexity index is 1060. The molecule has 3 aromatic carbocycles. The summed E-state index contributed by atoms with van der Waals surface area (Å²) in [6, 6.07) is 27.2. The van der Waals surface area contributed by atoms with Crippen LogP contribution in [0.1, 0.15) is 22.7 Å². The van der Waals surface area contributed by atoms with Crippen molar-refractivity contribution >= 4 is 29.6 Å². The number of nitrogens with one attached hydrogen (secondary N) is 1. The highest BCUT2D eigenvalue weighted by atomic mass is 32.2. The Balaban J connectivity index is 1.24. The summed E-state index contributed by atoms with van der Waals surface area (Å²) >= 11 is 1.63. The number of nitrogens with zero attached hydrogens (tertiary/aromatic N) is 3. The molecule has 3 aromatic rings. The minimum atomic E-state index is -0.455. The molecule has 0 aliphatic carbocycles. The van der Waals surface area contributed by atoms with Crippen molar-refractivity contribution in [3.63, 3.8) is 0 Å². The zero-order chi connectivity index (χ0) is 23.0. The van der Waals surface area contributed by atoms with Crippen LogP contribution in [0, 0.1) is 10.1 Å². The van der Waals surface area contributed by atoms with Crippen LogP contribution in [0.3, 0.4) is 0 Å². The molecule has 168 valence electrons. The molecule has 7 nitrogen and oxygen atoms in total. The SMILES string of the molecule is O=C(CSC1CN(C(c2ccccc2)c2ccccc2)C1)NN=Cc1ccc([N+](=O)[O-])cc1. The van der Waals surface area contributed by atoms with Gasteiger partial charge >= 0.3 is 0 Å². The van der Waals surface area contributed by atoms with E-state index in [1.165, 1.54) is 29.5 Å². The van der Waals surface area contributed by atoms with Crippen LogP contribution in [-0.4, -0.2) is 46.0 Å². The largest absolute Gasteiger partial charge is 0.290 e. The molecule has 0 bridgehead atoms. The molecular formula is C25H24N4O3S. The van der Waals surface area contributed by atoms with Gasteiger partial charge in [-0.15, -0.1) is 11.8 Å². The first-order chi connectivity index (χ1) is 16.1. The molecule has 0 radical (unpaired) electrons. The second-order valence-corrected chi connectivity index (χ2v) is 9.04. The van der Waals surface area contributed by atoms with Gasteiger partial charge in [-0.05, 0) is 28.8 Å². The number of hydrogen-bond acceptors (Lipinski definition) is 6. The van der Waals surface area contributed by atoms with E-state index in [9.17, 15) is 14.9 Å². The zero-order valence-corrected chi connectivity index (χ0v) is 18.7. The van der Waals surface area contributed by atoms with Crippen LogP contribution in [0.25, 0.3) is 0 Å². The van der Waals surface area contributed by atoms with Gasteiger partial charge in [0.05, 0.1) is 22.9 Å². The van der Waals surface area contributed by atoms with E-state index in [2.05, 4.69) is 64.0 Å². The van der Waals surface area contributed by atoms with Crippen molar-refractivity contribution in [1.82, 2.24) is 10.3 Å². The van der Waals surface area contributed by atoms with E-state index < -0.39 is 4.92 Å². The van der Waals surface area contributed by atoms with Gasteiger partial charge in [-0.2, -0.15) is 5.10 Å². The predicted molar refractivity (Wildman–Crippen MR) is 131 cm³/mol. The first-order valence-electron chi connectivity index (χ1n) is 10.6. The molecule has 1 aliphatic rings. The molecule has 1 heterocycles. The number of hydrogen-bond donors (Lipinski definition) is 1. The molecule has 1 amide bonds. The summed E-state index contributed by atoms with van der Waals surface area (Å²) in [5.41, 5.74) is 5.75. The highest BCUT2D eigenvalue weighted by Crippen LogP contribution is 2.35. The standard InChI is InChI=1S/C25H24N4O3S/c30-24(27-26-15-19-11-13-22(14-12-19)29(31)32)18-33-23-16-28(17-23)25(20-7-3-1-4-8-20)21-9-5-2-6-10-21/h1-15,23,25H,16-18H2,(H,27,30). The number of nitro benzene ring substituents is 1. The maximum Gasteiger partial charge on any atom is 0.269 e. The second-order valence-electron chi connectivity index (χ2n) is 7.75. The summed E-state index contributed by atoms with van der Waals surface area (Å²) in [7, 11) is 0. The van der Waals surface area contributed by atoms with Crippen molar-refractivity contribution in [2.75, 3.05) is 18.8 Å². The number of likely N-dealkylation sites (tertiary alicyclic amines) is 1. The Labute approximate surface area is 196 Å². The van der Waals surface area contributed by atoms with E-state index in [0.717, 1.165) is 13.1 Å². The Morgan fingerprint density at radius 2 is 1.61 bits per heavy atom. The van der Waals surface area contributed by atoms with Gasteiger partial charge in [-0.3, -0.25) is 19.8 Å². The van der Waals surface area contributed by atoms with Crippen LogP contribution in [0.15, 0.2) is 90.0 Å². The lowest BCUT2D eigenvalue weighted by Gasteiger charge is -2.44. The monoisotopic (exact) mass is 460 g/mol. The minimum Gasteiger partial charge on any atom is -0.290 e. The fourth-order valence-corrected chi connectivity index (χ4v) is 4.80. The van der Waals surface area contributed by atoms with E-state index in [0.29, 0.717) is 16.6 Å². The van der Waals surface area contributed by atoms with E-state index in [1.807, 2.05) is 12.1 Å². The lowest BCUT2D eigenvalue weighted by Crippen LogP contribution is -2.51. The normalized spacial score (nSPS) is 14.3. The molecule has 1 saturated heterocycles. The fourth-order valence-electron chi connectivity index (χ4n) is 3.76. The molecule has 8 heteroatoms. The van der Waals surface area contributed by atoms with E-state index in [1.54, 1.807) is 23.9 Å². The van der Waals surface area contributed by atoms with Gasteiger partial charge in [-0.1, -0.05) is 60.7 Å². The third kappa shape index (κ3) is 6.06. The second kappa shape index (κ2) is 10.9. The third-order valence-electron chi connectivity index (χ3n) is 5.43. The van der Waals surface area contributed by atoms with Gasteiger partial charge in [0.25, 0.3) is 5.69 Å². The molecule has 0 spiro atoms. The molecule has 0 unspecified atom stereocenters. The van der Waals surface area contributed by atoms with E-state index in [-0.39, 0.29) is 17.6 Å². The Morgan fingerprint density at radius 1 is 1.03 bits per heavy atom. The quantitative estimate of drug-likeness (QED) is 0.293. The van der Waals surface area contributed by atoms with Crippen LogP contribution in [0.5, 0.6) is 0 Å². The van der Waals surface area contributed by atoms with Crippen molar-refractivity contribution < 1.29 is 9.72 Å². The zero-order valence-electron chi connectivity index (χ0n) is 17.9. The highest BCUT2D eigenvalue weighted by Gasteiger charge is 2.34. The Morgan fingerprint density at radius 3 is 2.15 bits per heavy atom. The van der Waals surface area contributed by atoms with Gasteiger partial charge in [0.1, 0.15) is 0 Å². The molecular weight excluding hydrogens is 436 g/mol. The number of non-ortho nitro benzene ring substituents is 1. The summed E-state index contributed by atoms with van der Waals surface area (Å²) in [5.74, 6) is 0.163. The topological polar surface area (TPSA) is 87.8 Å². The lowest BCUT2D eigenvalue weighted by molar-refractivity contribution is -0.384. The number of carbonyl (C=O) groups excluding carboxylic acids is 1. The van der Waals surface area contributed by atoms with Crippen molar-refractivity contribution in [2.45, 2.75) is 11.3 Å². The highest BCUT2D eigenvalue weighted by molar-refractivity contribution is 8.00. The summed E-state index contributed by atoms with van der Waals surface area (Å²) in [4.78, 5) is 24.8. The maximum atomic E-state index is 12.1. The molecule has 33 heavy (non-hydrogen) atoms. The van der Waals surface area contributed by atoms with Gasteiger partial charge in [0.15, 0.2) is 0 Å². The van der Waals surface area contributed by atoms with Crippen LogP contribution < -0.4 is 5.43 Å². The molecule has 1 aliphatic heterocycles. The van der Waals surface area contributed by atoms with Crippen molar-refractivity contribution in [3.8, 4) is 0 Å². The molecule has 0 aromatic heterocycles. The number of rotatable bonds is 9. The Kier molecular flexibility index (Phi) is 7.49. The maximum absolute atomic E-state index is 12.1. The average molecular weight is 461 g/mol. The molecule has 0 atom stereocenters. The number of carbonyl (C=O) groups is 1. The number of benzene rings is 3. The molecule has 0 saturated carbocycles. The van der Waals surface area contributed by atoms with Crippen LogP contribution in [0.4, 0.5) is 5.69 Å². The summed E-state index contributed by atoms with van der Waals surface area (Å²) in [6.45, 7) is 1.83. The smallest absolute Gasteiger partial charge is 0.269 e. The van der Waals surface area contributed by atoms with Gasteiger partial charge in [0, 0.05) is 30.5 Å². The van der Waals surface area contributed by atoms with Crippen LogP contribution in [-0.2, 0) is 4.79 Å². The molecule has 1 N–H and O–H groups in total. The number of hydrazone groups is 1. The molecule has 4 rings (SSSR count). The summed E-state index contributed by atoms with van der Waals surface area (Å²) in [5, 5.41) is 15.0. The molecule has 1 fully saturated rings. The number of nitro groups is 1. The average Bonchev–Trinajstić information content (AvgIpc) is 2.82. The number of thioether (sulfide) groups is 1. The fraction of sp³-hybridized carbons (Fsp3) is 0.200. The van der Waals surface area contributed by atoms with Crippen LogP contribution >= 0.6 is 11.8 Å². The van der Waals surface area contributed by atoms with Crippen molar-refractivity contribution in [2.24, 2.45) is 5.10 Å². The first kappa shape index (κ1) is 22.7. The predicted octanol–water partition coefficient (Wildman–Crippen LogP) is 4.25.